The van der Waals surface area contributed by atoms with E-state index >= 15 is 0 Å². The van der Waals surface area contributed by atoms with Crippen molar-refractivity contribution >= 4 is 5.97 Å². The lowest BCUT2D eigenvalue weighted by Gasteiger charge is -2.12. The molecule has 0 bridgehead atoms. The molecule has 2 aliphatic rings. The van der Waals surface area contributed by atoms with Crippen LogP contribution in [0.4, 0.5) is 0 Å². The Morgan fingerprint density at radius 1 is 1.71 bits per heavy atom. The Kier molecular flexibility index (Phi) is 2.32. The third-order valence-electron chi connectivity index (χ3n) is 2.56. The Labute approximate surface area is 83.4 Å². The van der Waals surface area contributed by atoms with E-state index in [1.54, 1.807) is 6.92 Å². The molecule has 0 saturated carbocycles. The maximum absolute atomic E-state index is 11.1. The summed E-state index contributed by atoms with van der Waals surface area (Å²) in [6.45, 7) is 5.62. The molecule has 0 radical (unpaired) electrons. The van der Waals surface area contributed by atoms with Crippen molar-refractivity contribution in [3.8, 4) is 0 Å². The van der Waals surface area contributed by atoms with Crippen molar-refractivity contribution < 1.29 is 14.3 Å². The van der Waals surface area contributed by atoms with Crippen LogP contribution in [0.5, 0.6) is 0 Å². The maximum atomic E-state index is 11.1. The molecule has 14 heavy (non-hydrogen) atoms. The van der Waals surface area contributed by atoms with Crippen LogP contribution in [-0.2, 0) is 14.3 Å². The molecule has 76 valence electrons. The lowest BCUT2D eigenvalue weighted by molar-refractivity contribution is -0.140. The number of hydrogen-bond acceptors (Lipinski definition) is 3. The predicted octanol–water partition coefficient (Wildman–Crippen LogP) is 2.15. The van der Waals surface area contributed by atoms with Crippen LogP contribution in [0.3, 0.4) is 0 Å². The predicted molar refractivity (Wildman–Crippen MR) is 51.2 cm³/mol. The Morgan fingerprint density at radius 2 is 2.50 bits per heavy atom. The van der Waals surface area contributed by atoms with Gasteiger partial charge in [0, 0.05) is 12.0 Å². The Balaban J connectivity index is 1.81. The molecule has 0 aromatic heterocycles. The molecular weight excluding hydrogens is 180 g/mol. The summed E-state index contributed by atoms with van der Waals surface area (Å²) in [6, 6.07) is 0. The molecule has 1 unspecified atom stereocenters. The normalized spacial score (nSPS) is 23.6. The number of esters is 1. The van der Waals surface area contributed by atoms with E-state index in [1.165, 1.54) is 0 Å². The molecule has 1 atom stereocenters. The third kappa shape index (κ3) is 1.81. The molecule has 0 aromatic rings. The summed E-state index contributed by atoms with van der Waals surface area (Å²) >= 11 is 0. The molecule has 1 aliphatic heterocycles. The second kappa shape index (κ2) is 3.48. The van der Waals surface area contributed by atoms with Gasteiger partial charge in [-0.25, -0.2) is 4.79 Å². The van der Waals surface area contributed by atoms with Gasteiger partial charge in [0.25, 0.3) is 0 Å². The third-order valence-corrected chi connectivity index (χ3v) is 2.56. The first-order chi connectivity index (χ1) is 6.68. The van der Waals surface area contributed by atoms with Crippen molar-refractivity contribution in [2.45, 2.75) is 26.2 Å². The van der Waals surface area contributed by atoms with Gasteiger partial charge in [-0.1, -0.05) is 6.58 Å². The van der Waals surface area contributed by atoms with Crippen LogP contribution in [0, 0.1) is 5.92 Å². The number of allylic oxidation sites excluding steroid dienone is 1. The van der Waals surface area contributed by atoms with Gasteiger partial charge in [-0.15, -0.1) is 0 Å². The fraction of sp³-hybridized carbons (Fsp3) is 0.545. The molecule has 0 spiro atoms. The number of hydrogen-bond donors (Lipinski definition) is 0. The minimum atomic E-state index is -0.307. The molecule has 0 N–H and O–H groups in total. The van der Waals surface area contributed by atoms with Crippen LogP contribution in [0.2, 0.25) is 0 Å². The fourth-order valence-corrected chi connectivity index (χ4v) is 1.69. The van der Waals surface area contributed by atoms with Gasteiger partial charge in [0.05, 0.1) is 5.92 Å². The highest BCUT2D eigenvalue weighted by Gasteiger charge is 2.36. The van der Waals surface area contributed by atoms with Gasteiger partial charge in [0.15, 0.2) is 0 Å². The van der Waals surface area contributed by atoms with Crippen LogP contribution in [0.25, 0.3) is 0 Å². The molecule has 2 rings (SSSR count). The Bertz CT molecular complexity index is 314. The lowest BCUT2D eigenvalue weighted by Crippen LogP contribution is -2.15. The van der Waals surface area contributed by atoms with Gasteiger partial charge < -0.3 is 9.47 Å². The molecule has 3 heteroatoms. The summed E-state index contributed by atoms with van der Waals surface area (Å²) in [6.07, 6.45) is 3.25. The Morgan fingerprint density at radius 3 is 3.21 bits per heavy atom. The second-order valence-corrected chi connectivity index (χ2v) is 3.86. The lowest BCUT2D eigenvalue weighted by atomic mass is 9.97. The summed E-state index contributed by atoms with van der Waals surface area (Å²) in [5.74, 6) is 2.17. The number of ether oxygens (including phenoxy) is 2. The highest BCUT2D eigenvalue weighted by molar-refractivity contribution is 5.86. The molecule has 0 fully saturated rings. The van der Waals surface area contributed by atoms with Gasteiger partial charge in [-0.2, -0.15) is 0 Å². The van der Waals surface area contributed by atoms with Gasteiger partial charge in [-0.05, 0) is 19.8 Å². The number of carbonyl (C=O) groups is 1. The highest BCUT2D eigenvalue weighted by atomic mass is 16.6. The zero-order valence-electron chi connectivity index (χ0n) is 8.34. The summed E-state index contributed by atoms with van der Waals surface area (Å²) in [5, 5.41) is 0. The van der Waals surface area contributed by atoms with Crippen molar-refractivity contribution in [3.63, 3.8) is 0 Å². The first-order valence-electron chi connectivity index (χ1n) is 4.92. The topological polar surface area (TPSA) is 38.8 Å². The summed E-state index contributed by atoms with van der Waals surface area (Å²) < 4.78 is 10.4. The van der Waals surface area contributed by atoms with Gasteiger partial charge in [0.1, 0.15) is 18.1 Å². The van der Waals surface area contributed by atoms with Crippen molar-refractivity contribution in [2.24, 2.45) is 5.92 Å². The SMILES string of the molecule is C=C(C)C(=O)OCC1CCCC2=C1O2. The van der Waals surface area contributed by atoms with E-state index in [0.717, 1.165) is 30.8 Å². The van der Waals surface area contributed by atoms with Crippen LogP contribution in [0.1, 0.15) is 26.2 Å². The van der Waals surface area contributed by atoms with Crippen LogP contribution in [0.15, 0.2) is 23.7 Å². The molecule has 1 aliphatic carbocycles. The monoisotopic (exact) mass is 194 g/mol. The van der Waals surface area contributed by atoms with E-state index in [-0.39, 0.29) is 5.97 Å². The largest absolute Gasteiger partial charge is 0.462 e. The molecule has 3 nitrogen and oxygen atoms in total. The minimum absolute atomic E-state index is 0.294. The standard InChI is InChI=1S/C11H14O3/c1-7(2)11(12)13-6-8-4-3-5-9-10(8)14-9/h8H,1,3-6H2,2H3. The smallest absolute Gasteiger partial charge is 0.333 e. The van der Waals surface area contributed by atoms with Crippen molar-refractivity contribution in [1.29, 1.82) is 0 Å². The van der Waals surface area contributed by atoms with E-state index in [1.807, 2.05) is 0 Å². The van der Waals surface area contributed by atoms with Crippen LogP contribution in [-0.4, -0.2) is 12.6 Å². The van der Waals surface area contributed by atoms with Crippen LogP contribution >= 0.6 is 0 Å². The van der Waals surface area contributed by atoms with Gasteiger partial charge in [0.2, 0.25) is 0 Å². The first kappa shape index (κ1) is 9.31. The van der Waals surface area contributed by atoms with Crippen molar-refractivity contribution in [2.75, 3.05) is 6.61 Å². The van der Waals surface area contributed by atoms with Gasteiger partial charge in [-0.3, -0.25) is 0 Å². The molecular formula is C11H14O3. The highest BCUT2D eigenvalue weighted by Crippen LogP contribution is 2.43. The molecule has 1 heterocycles. The molecule has 0 saturated heterocycles. The Hall–Kier alpha value is -1.25. The molecule has 0 aromatic carbocycles. The van der Waals surface area contributed by atoms with E-state index < -0.39 is 0 Å². The quantitative estimate of drug-likeness (QED) is 0.510. The summed E-state index contributed by atoms with van der Waals surface area (Å²) in [4.78, 5) is 11.1. The molecule has 0 amide bonds. The zero-order valence-corrected chi connectivity index (χ0v) is 8.34. The van der Waals surface area contributed by atoms with E-state index in [0.29, 0.717) is 18.1 Å². The average molecular weight is 194 g/mol. The van der Waals surface area contributed by atoms with E-state index in [4.69, 9.17) is 9.47 Å². The van der Waals surface area contributed by atoms with Crippen LogP contribution < -0.4 is 0 Å². The van der Waals surface area contributed by atoms with Crippen molar-refractivity contribution in [3.05, 3.63) is 23.7 Å². The zero-order chi connectivity index (χ0) is 10.1. The fourth-order valence-electron chi connectivity index (χ4n) is 1.69. The first-order valence-corrected chi connectivity index (χ1v) is 4.92. The van der Waals surface area contributed by atoms with E-state index in [9.17, 15) is 4.79 Å². The van der Waals surface area contributed by atoms with E-state index in [2.05, 4.69) is 6.58 Å². The minimum Gasteiger partial charge on any atom is -0.462 e. The van der Waals surface area contributed by atoms with Crippen molar-refractivity contribution in [1.82, 2.24) is 0 Å². The summed E-state index contributed by atoms with van der Waals surface area (Å²) in [7, 11) is 0. The number of rotatable bonds is 3. The summed E-state index contributed by atoms with van der Waals surface area (Å²) in [5.41, 5.74) is 0.451. The average Bonchev–Trinajstić information content (AvgIpc) is 2.92. The van der Waals surface area contributed by atoms with Gasteiger partial charge >= 0.3 is 5.97 Å². The second-order valence-electron chi connectivity index (χ2n) is 3.86. The maximum Gasteiger partial charge on any atom is 0.333 e. The number of carbonyl (C=O) groups excluding carboxylic acids is 1.